The van der Waals surface area contributed by atoms with Gasteiger partial charge in [0.2, 0.25) is 0 Å². The zero-order valence-electron chi connectivity index (χ0n) is 13.2. The van der Waals surface area contributed by atoms with Crippen molar-refractivity contribution in [1.29, 1.82) is 0 Å². The quantitative estimate of drug-likeness (QED) is 0.832. The molecule has 0 atom stereocenters. The van der Waals surface area contributed by atoms with Gasteiger partial charge >= 0.3 is 5.97 Å². The Balaban J connectivity index is 2.99. The second-order valence-electron chi connectivity index (χ2n) is 6.12. The molecular weight excluding hydrogens is 272 g/mol. The number of carboxylic acid groups (broad SMARTS) is 1. The number of nitrogens with zero attached hydrogens (tertiary/aromatic N) is 2. The number of thiazole rings is 1. The van der Waals surface area contributed by atoms with Crippen LogP contribution in [-0.4, -0.2) is 34.0 Å². The van der Waals surface area contributed by atoms with E-state index in [1.807, 2.05) is 20.8 Å². The van der Waals surface area contributed by atoms with Gasteiger partial charge in [0.15, 0.2) is 0 Å². The molecule has 20 heavy (non-hydrogen) atoms. The molecule has 0 aliphatic rings. The summed E-state index contributed by atoms with van der Waals surface area (Å²) >= 11 is 1.32. The lowest BCUT2D eigenvalue weighted by molar-refractivity contribution is 0.0699. The third-order valence-electron chi connectivity index (χ3n) is 3.01. The summed E-state index contributed by atoms with van der Waals surface area (Å²) in [5.74, 6) is -0.865. The van der Waals surface area contributed by atoms with Crippen LogP contribution in [0.4, 0.5) is 0 Å². The molecule has 1 N–H and O–H groups in total. The number of carbonyl (C=O) groups is 1. The third-order valence-corrected chi connectivity index (χ3v) is 4.04. The molecule has 1 heterocycles. The second-order valence-corrected chi connectivity index (χ2v) is 7.20. The number of rotatable bonds is 7. The van der Waals surface area contributed by atoms with Gasteiger partial charge in [0.1, 0.15) is 9.88 Å². The molecule has 5 heteroatoms. The van der Waals surface area contributed by atoms with Crippen molar-refractivity contribution in [3.63, 3.8) is 0 Å². The standard InChI is InChI=1S/C15H26N2O2S/c1-6-8-17(9-7-2)10-11-16-13(15(3,4)5)12(20-11)14(18)19/h6-10H2,1-5H3,(H,18,19). The van der Waals surface area contributed by atoms with Crippen LogP contribution < -0.4 is 0 Å². The first kappa shape index (κ1) is 17.1. The minimum absolute atomic E-state index is 0.233. The molecule has 0 unspecified atom stereocenters. The third kappa shape index (κ3) is 4.56. The molecule has 1 rings (SSSR count). The summed E-state index contributed by atoms with van der Waals surface area (Å²) in [5, 5.41) is 10.3. The van der Waals surface area contributed by atoms with Crippen LogP contribution in [0.3, 0.4) is 0 Å². The van der Waals surface area contributed by atoms with Crippen molar-refractivity contribution >= 4 is 17.3 Å². The van der Waals surface area contributed by atoms with Gasteiger partial charge in [-0.15, -0.1) is 11.3 Å². The molecule has 1 aromatic heterocycles. The topological polar surface area (TPSA) is 53.4 Å². The number of aromatic nitrogens is 1. The first-order valence-electron chi connectivity index (χ1n) is 7.25. The van der Waals surface area contributed by atoms with Gasteiger partial charge in [-0.25, -0.2) is 9.78 Å². The van der Waals surface area contributed by atoms with E-state index >= 15 is 0 Å². The summed E-state index contributed by atoms with van der Waals surface area (Å²) in [6, 6.07) is 0. The molecule has 0 spiro atoms. The van der Waals surface area contributed by atoms with Gasteiger partial charge in [0.05, 0.1) is 12.2 Å². The van der Waals surface area contributed by atoms with Crippen LogP contribution in [0.25, 0.3) is 0 Å². The molecule has 1 aromatic rings. The fraction of sp³-hybridized carbons (Fsp3) is 0.733. The number of aromatic carboxylic acids is 1. The van der Waals surface area contributed by atoms with Crippen LogP contribution in [-0.2, 0) is 12.0 Å². The molecule has 0 aromatic carbocycles. The Kier molecular flexibility index (Phi) is 6.14. The number of hydrogen-bond donors (Lipinski definition) is 1. The van der Waals surface area contributed by atoms with Crippen LogP contribution in [0.1, 0.15) is 67.8 Å². The van der Waals surface area contributed by atoms with Crippen molar-refractivity contribution < 1.29 is 9.90 Å². The molecule has 0 fully saturated rings. The Morgan fingerprint density at radius 2 is 1.80 bits per heavy atom. The molecule has 0 amide bonds. The smallest absolute Gasteiger partial charge is 0.347 e. The van der Waals surface area contributed by atoms with Gasteiger partial charge in [0, 0.05) is 5.41 Å². The Morgan fingerprint density at radius 3 is 2.15 bits per heavy atom. The molecular formula is C15H26N2O2S. The van der Waals surface area contributed by atoms with Crippen LogP contribution in [0.5, 0.6) is 0 Å². The van der Waals surface area contributed by atoms with Crippen LogP contribution in [0.15, 0.2) is 0 Å². The summed E-state index contributed by atoms with van der Waals surface area (Å²) in [6.45, 7) is 13.2. The molecule has 0 saturated carbocycles. The van der Waals surface area contributed by atoms with E-state index in [1.54, 1.807) is 0 Å². The maximum Gasteiger partial charge on any atom is 0.347 e. The SMILES string of the molecule is CCCN(CCC)Cc1nc(C(C)(C)C)c(C(=O)O)s1. The zero-order chi connectivity index (χ0) is 15.3. The Labute approximate surface area is 125 Å². The molecule has 114 valence electrons. The first-order chi connectivity index (χ1) is 9.29. The van der Waals surface area contributed by atoms with Crippen molar-refractivity contribution in [2.75, 3.05) is 13.1 Å². The predicted octanol–water partition coefficient (Wildman–Crippen LogP) is 3.76. The summed E-state index contributed by atoms with van der Waals surface area (Å²) in [7, 11) is 0. The maximum absolute atomic E-state index is 11.4. The van der Waals surface area contributed by atoms with Gasteiger partial charge in [0.25, 0.3) is 0 Å². The fourth-order valence-corrected chi connectivity index (χ4v) is 3.33. The van der Waals surface area contributed by atoms with Crippen molar-refractivity contribution in [2.45, 2.75) is 59.4 Å². The second kappa shape index (κ2) is 7.18. The first-order valence-corrected chi connectivity index (χ1v) is 8.07. The van der Waals surface area contributed by atoms with E-state index < -0.39 is 5.97 Å². The highest BCUT2D eigenvalue weighted by atomic mass is 32.1. The average molecular weight is 298 g/mol. The largest absolute Gasteiger partial charge is 0.477 e. The highest BCUT2D eigenvalue weighted by Crippen LogP contribution is 2.30. The highest BCUT2D eigenvalue weighted by molar-refractivity contribution is 7.13. The molecule has 4 nitrogen and oxygen atoms in total. The van der Waals surface area contributed by atoms with Crippen molar-refractivity contribution in [3.8, 4) is 0 Å². The lowest BCUT2D eigenvalue weighted by Crippen LogP contribution is -2.25. The van der Waals surface area contributed by atoms with E-state index in [9.17, 15) is 9.90 Å². The summed E-state index contributed by atoms with van der Waals surface area (Å²) in [5.41, 5.74) is 0.473. The predicted molar refractivity (Wildman–Crippen MR) is 83.6 cm³/mol. The van der Waals surface area contributed by atoms with E-state index in [0.717, 1.165) is 37.5 Å². The van der Waals surface area contributed by atoms with Crippen molar-refractivity contribution in [3.05, 3.63) is 15.6 Å². The molecule has 0 aliphatic heterocycles. The van der Waals surface area contributed by atoms with Gasteiger partial charge in [-0.3, -0.25) is 4.90 Å². The minimum atomic E-state index is -0.865. The van der Waals surface area contributed by atoms with Gasteiger partial charge in [-0.1, -0.05) is 34.6 Å². The number of carboxylic acids is 1. The Bertz CT molecular complexity index is 443. The molecule has 0 aliphatic carbocycles. The molecule has 0 saturated heterocycles. The van der Waals surface area contributed by atoms with Gasteiger partial charge < -0.3 is 5.11 Å². The number of hydrogen-bond acceptors (Lipinski definition) is 4. The fourth-order valence-electron chi connectivity index (χ4n) is 2.18. The molecule has 0 radical (unpaired) electrons. The van der Waals surface area contributed by atoms with Crippen LogP contribution in [0.2, 0.25) is 0 Å². The lowest BCUT2D eigenvalue weighted by Gasteiger charge is -2.19. The van der Waals surface area contributed by atoms with Crippen molar-refractivity contribution in [2.24, 2.45) is 0 Å². The Morgan fingerprint density at radius 1 is 1.25 bits per heavy atom. The summed E-state index contributed by atoms with van der Waals surface area (Å²) < 4.78 is 0. The van der Waals surface area contributed by atoms with Gasteiger partial charge in [-0.05, 0) is 25.9 Å². The van der Waals surface area contributed by atoms with E-state index in [4.69, 9.17) is 0 Å². The normalized spacial score (nSPS) is 12.1. The van der Waals surface area contributed by atoms with E-state index in [-0.39, 0.29) is 5.41 Å². The Hall–Kier alpha value is -0.940. The van der Waals surface area contributed by atoms with Crippen LogP contribution in [0, 0.1) is 0 Å². The minimum Gasteiger partial charge on any atom is -0.477 e. The van der Waals surface area contributed by atoms with Gasteiger partial charge in [-0.2, -0.15) is 0 Å². The lowest BCUT2D eigenvalue weighted by atomic mass is 9.91. The monoisotopic (exact) mass is 298 g/mol. The van der Waals surface area contributed by atoms with E-state index in [1.165, 1.54) is 11.3 Å². The van der Waals surface area contributed by atoms with E-state index in [0.29, 0.717) is 10.6 Å². The molecule has 0 bridgehead atoms. The summed E-state index contributed by atoms with van der Waals surface area (Å²) in [4.78, 5) is 18.7. The maximum atomic E-state index is 11.4. The van der Waals surface area contributed by atoms with Crippen LogP contribution >= 0.6 is 11.3 Å². The summed E-state index contributed by atoms with van der Waals surface area (Å²) in [6.07, 6.45) is 2.20. The average Bonchev–Trinajstić information content (AvgIpc) is 2.73. The van der Waals surface area contributed by atoms with Crippen molar-refractivity contribution in [1.82, 2.24) is 9.88 Å². The highest BCUT2D eigenvalue weighted by Gasteiger charge is 2.27. The zero-order valence-corrected chi connectivity index (χ0v) is 14.0. The van der Waals surface area contributed by atoms with E-state index in [2.05, 4.69) is 23.7 Å².